The van der Waals surface area contributed by atoms with Crippen LogP contribution in [-0.2, 0) is 0 Å². The third-order valence-corrected chi connectivity index (χ3v) is 5.51. The minimum atomic E-state index is 0.317. The highest BCUT2D eigenvalue weighted by Gasteiger charge is 2.19. The zero-order chi connectivity index (χ0) is 21.2. The van der Waals surface area contributed by atoms with Gasteiger partial charge in [-0.2, -0.15) is 4.52 Å². The molecule has 4 aromatic rings. The summed E-state index contributed by atoms with van der Waals surface area (Å²) in [6.45, 7) is 7.89. The molecule has 0 bridgehead atoms. The van der Waals surface area contributed by atoms with E-state index in [1.807, 2.05) is 41.0 Å². The van der Waals surface area contributed by atoms with Crippen LogP contribution in [0.2, 0.25) is 0 Å². The summed E-state index contributed by atoms with van der Waals surface area (Å²) in [5, 5.41) is 13.5. The second kappa shape index (κ2) is 8.25. The average molecular weight is 416 g/mol. The Morgan fingerprint density at radius 2 is 1.58 bits per heavy atom. The normalized spacial score (nSPS) is 14.9. The first kappa shape index (κ1) is 19.3. The van der Waals surface area contributed by atoms with Crippen LogP contribution in [-0.4, -0.2) is 60.9 Å². The molecule has 31 heavy (non-hydrogen) atoms. The minimum absolute atomic E-state index is 0.317. The largest absolute Gasteiger partial charge is 0.355 e. The van der Waals surface area contributed by atoms with Gasteiger partial charge in [0.25, 0.3) is 0 Å². The number of fused-ring (bicyclic) bond motifs is 1. The maximum Gasteiger partial charge on any atom is 0.185 e. The molecule has 5 rings (SSSR count). The second-order valence-corrected chi connectivity index (χ2v) is 7.98. The van der Waals surface area contributed by atoms with E-state index < -0.39 is 0 Å². The lowest BCUT2D eigenvalue weighted by atomic mass is 10.2. The molecule has 1 fully saturated rings. The van der Waals surface area contributed by atoms with E-state index in [2.05, 4.69) is 43.8 Å². The van der Waals surface area contributed by atoms with Gasteiger partial charge < -0.3 is 9.80 Å². The Morgan fingerprint density at radius 3 is 2.35 bits per heavy atom. The monoisotopic (exact) mass is 415 g/mol. The molecule has 0 aliphatic carbocycles. The molecule has 4 aromatic heterocycles. The van der Waals surface area contributed by atoms with Crippen molar-refractivity contribution in [2.24, 2.45) is 0 Å². The summed E-state index contributed by atoms with van der Waals surface area (Å²) in [6, 6.07) is 9.84. The molecule has 0 unspecified atom stereocenters. The predicted octanol–water partition coefficient (Wildman–Crippen LogP) is 2.82. The van der Waals surface area contributed by atoms with E-state index in [4.69, 9.17) is 10.1 Å². The summed E-state index contributed by atoms with van der Waals surface area (Å²) in [6.07, 6.45) is 6.39. The molecule has 0 spiro atoms. The summed E-state index contributed by atoms with van der Waals surface area (Å²) in [7, 11) is 0. The molecule has 0 amide bonds. The molecule has 0 aromatic carbocycles. The zero-order valence-corrected chi connectivity index (χ0v) is 17.8. The highest BCUT2D eigenvalue weighted by molar-refractivity contribution is 5.59. The van der Waals surface area contributed by atoms with E-state index in [0.29, 0.717) is 5.92 Å². The first-order chi connectivity index (χ1) is 15.2. The Bertz CT molecular complexity index is 1170. The molecule has 0 saturated carbocycles. The molecule has 158 valence electrons. The van der Waals surface area contributed by atoms with Crippen molar-refractivity contribution < 1.29 is 0 Å². The van der Waals surface area contributed by atoms with Gasteiger partial charge in [0.2, 0.25) is 0 Å². The Labute approximate surface area is 180 Å². The molecule has 1 aliphatic heterocycles. The molecule has 1 aliphatic rings. The van der Waals surface area contributed by atoms with Gasteiger partial charge in [0.15, 0.2) is 11.5 Å². The number of hydrogen-bond acceptors (Lipinski definition) is 8. The van der Waals surface area contributed by atoms with Gasteiger partial charge in [0, 0.05) is 56.3 Å². The third-order valence-electron chi connectivity index (χ3n) is 5.51. The van der Waals surface area contributed by atoms with Crippen LogP contribution in [0.1, 0.15) is 32.0 Å². The van der Waals surface area contributed by atoms with E-state index in [-0.39, 0.29) is 0 Å². The number of aromatic nitrogens is 7. The number of anilines is 2. The fourth-order valence-electron chi connectivity index (χ4n) is 3.82. The van der Waals surface area contributed by atoms with Gasteiger partial charge in [-0.1, -0.05) is 13.8 Å². The maximum absolute atomic E-state index is 4.87. The highest BCUT2D eigenvalue weighted by atomic mass is 15.4. The lowest BCUT2D eigenvalue weighted by Crippen LogP contribution is -2.32. The minimum Gasteiger partial charge on any atom is -0.355 e. The molecule has 5 heterocycles. The lowest BCUT2D eigenvalue weighted by Gasteiger charge is -2.23. The predicted molar refractivity (Wildman–Crippen MR) is 119 cm³/mol. The van der Waals surface area contributed by atoms with Gasteiger partial charge in [0.1, 0.15) is 17.5 Å². The molecule has 9 heteroatoms. The summed E-state index contributed by atoms with van der Waals surface area (Å²) in [4.78, 5) is 17.9. The fraction of sp³-hybridized carbons (Fsp3) is 0.364. The third kappa shape index (κ3) is 3.90. The first-order valence-electron chi connectivity index (χ1n) is 10.6. The van der Waals surface area contributed by atoms with E-state index >= 15 is 0 Å². The van der Waals surface area contributed by atoms with Crippen molar-refractivity contribution in [3.05, 3.63) is 54.7 Å². The van der Waals surface area contributed by atoms with Crippen molar-refractivity contribution in [1.82, 2.24) is 34.8 Å². The van der Waals surface area contributed by atoms with E-state index in [9.17, 15) is 0 Å². The SMILES string of the molecule is CC(C)c1nccc(N2CCCN(c3ccc4nnc(-c5ccncc5)n4n3)CC2)n1. The van der Waals surface area contributed by atoms with Crippen molar-refractivity contribution in [2.45, 2.75) is 26.2 Å². The van der Waals surface area contributed by atoms with E-state index in [1.165, 1.54) is 0 Å². The van der Waals surface area contributed by atoms with E-state index in [1.54, 1.807) is 12.4 Å². The second-order valence-electron chi connectivity index (χ2n) is 7.98. The van der Waals surface area contributed by atoms with Crippen molar-refractivity contribution in [3.63, 3.8) is 0 Å². The van der Waals surface area contributed by atoms with Crippen LogP contribution < -0.4 is 9.80 Å². The van der Waals surface area contributed by atoms with Gasteiger partial charge in [-0.05, 0) is 36.8 Å². The van der Waals surface area contributed by atoms with Crippen LogP contribution in [0.15, 0.2) is 48.9 Å². The Balaban J connectivity index is 1.38. The molecular weight excluding hydrogens is 390 g/mol. The van der Waals surface area contributed by atoms with Crippen LogP contribution in [0.4, 0.5) is 11.6 Å². The highest BCUT2D eigenvalue weighted by Crippen LogP contribution is 2.21. The van der Waals surface area contributed by atoms with Crippen LogP contribution in [0, 0.1) is 0 Å². The van der Waals surface area contributed by atoms with Crippen LogP contribution in [0.3, 0.4) is 0 Å². The lowest BCUT2D eigenvalue weighted by molar-refractivity contribution is 0.746. The summed E-state index contributed by atoms with van der Waals surface area (Å²) in [5.41, 5.74) is 1.67. The number of pyridine rings is 1. The summed E-state index contributed by atoms with van der Waals surface area (Å²) < 4.78 is 1.81. The van der Waals surface area contributed by atoms with Crippen molar-refractivity contribution >= 4 is 17.3 Å². The van der Waals surface area contributed by atoms with Gasteiger partial charge in [-0.15, -0.1) is 15.3 Å². The van der Waals surface area contributed by atoms with Crippen molar-refractivity contribution in [3.8, 4) is 11.4 Å². The Hall–Kier alpha value is -3.62. The van der Waals surface area contributed by atoms with Crippen LogP contribution in [0.25, 0.3) is 17.0 Å². The topological polar surface area (TPSA) is 88.2 Å². The quantitative estimate of drug-likeness (QED) is 0.503. The standard InChI is InChI=1S/C22H25N9/c1-16(2)21-24-11-8-18(25-21)29-12-3-13-30(15-14-29)20-5-4-19-26-27-22(31(19)28-20)17-6-9-23-10-7-17/h4-11,16H,3,12-15H2,1-2H3. The van der Waals surface area contributed by atoms with Gasteiger partial charge in [-0.25, -0.2) is 9.97 Å². The number of rotatable bonds is 4. The van der Waals surface area contributed by atoms with Gasteiger partial charge in [0.05, 0.1) is 0 Å². The van der Waals surface area contributed by atoms with Gasteiger partial charge >= 0.3 is 0 Å². The number of nitrogens with zero attached hydrogens (tertiary/aromatic N) is 9. The summed E-state index contributed by atoms with van der Waals surface area (Å²) >= 11 is 0. The molecule has 0 radical (unpaired) electrons. The van der Waals surface area contributed by atoms with Crippen molar-refractivity contribution in [1.29, 1.82) is 0 Å². The summed E-state index contributed by atoms with van der Waals surface area (Å²) in [5.74, 6) is 3.86. The number of hydrogen-bond donors (Lipinski definition) is 0. The fourth-order valence-corrected chi connectivity index (χ4v) is 3.82. The van der Waals surface area contributed by atoms with Crippen LogP contribution in [0.5, 0.6) is 0 Å². The molecule has 1 saturated heterocycles. The van der Waals surface area contributed by atoms with E-state index in [0.717, 1.165) is 67.1 Å². The zero-order valence-electron chi connectivity index (χ0n) is 17.8. The molecule has 0 atom stereocenters. The molecule has 9 nitrogen and oxygen atoms in total. The maximum atomic E-state index is 4.87. The molecular formula is C22H25N9. The Morgan fingerprint density at radius 1 is 0.806 bits per heavy atom. The first-order valence-corrected chi connectivity index (χ1v) is 10.6. The smallest absolute Gasteiger partial charge is 0.185 e. The average Bonchev–Trinajstić information content (AvgIpc) is 3.07. The van der Waals surface area contributed by atoms with Gasteiger partial charge in [-0.3, -0.25) is 4.98 Å². The molecule has 0 N–H and O–H groups in total. The van der Waals surface area contributed by atoms with Crippen LogP contribution >= 0.6 is 0 Å². The van der Waals surface area contributed by atoms with Crippen molar-refractivity contribution in [2.75, 3.05) is 36.0 Å². The Kier molecular flexibility index (Phi) is 5.15.